The van der Waals surface area contributed by atoms with E-state index in [0.717, 1.165) is 33.8 Å². The molecular formula is C27H27N5O2. The number of anilines is 1. The minimum Gasteiger partial charge on any atom is -0.335 e. The van der Waals surface area contributed by atoms with Crippen LogP contribution in [-0.2, 0) is 0 Å². The van der Waals surface area contributed by atoms with E-state index in [4.69, 9.17) is 4.98 Å². The van der Waals surface area contributed by atoms with Gasteiger partial charge >= 0.3 is 6.03 Å². The minimum absolute atomic E-state index is 0.0347. The number of fused-ring (bicyclic) bond motifs is 1. The van der Waals surface area contributed by atoms with Crippen LogP contribution < -0.4 is 5.32 Å². The van der Waals surface area contributed by atoms with Crippen LogP contribution in [-0.4, -0.2) is 57.5 Å². The number of urea groups is 1. The summed E-state index contributed by atoms with van der Waals surface area (Å²) >= 11 is 0. The van der Waals surface area contributed by atoms with Crippen molar-refractivity contribution in [2.75, 3.05) is 31.5 Å². The number of benzene rings is 3. The van der Waals surface area contributed by atoms with Crippen molar-refractivity contribution in [3.05, 3.63) is 89.7 Å². The zero-order valence-electron chi connectivity index (χ0n) is 19.4. The Bertz CT molecular complexity index is 1350. The smallest absolute Gasteiger partial charge is 0.321 e. The van der Waals surface area contributed by atoms with Crippen LogP contribution in [0.15, 0.2) is 72.8 Å². The molecule has 7 nitrogen and oxygen atoms in total. The summed E-state index contributed by atoms with van der Waals surface area (Å²) < 4.78 is 2.09. The fourth-order valence-corrected chi connectivity index (χ4v) is 4.46. The van der Waals surface area contributed by atoms with Gasteiger partial charge in [0.05, 0.1) is 11.0 Å². The predicted molar refractivity (Wildman–Crippen MR) is 133 cm³/mol. The number of amides is 3. The van der Waals surface area contributed by atoms with E-state index in [1.54, 1.807) is 9.80 Å². The average molecular weight is 454 g/mol. The number of hydrogen-bond acceptors (Lipinski definition) is 3. The van der Waals surface area contributed by atoms with Gasteiger partial charge in [-0.1, -0.05) is 30.3 Å². The predicted octanol–water partition coefficient (Wildman–Crippen LogP) is 4.63. The van der Waals surface area contributed by atoms with Crippen molar-refractivity contribution >= 4 is 28.7 Å². The van der Waals surface area contributed by atoms with E-state index >= 15 is 0 Å². The molecule has 5 rings (SSSR count). The number of nitrogens with zero attached hydrogens (tertiary/aromatic N) is 4. The van der Waals surface area contributed by atoms with Crippen LogP contribution in [0.3, 0.4) is 0 Å². The molecule has 3 amide bonds. The normalized spacial score (nSPS) is 13.8. The molecule has 1 fully saturated rings. The Hall–Kier alpha value is -4.13. The SMILES string of the molecule is Cc1cccc(NC(=O)N2CCN(C(=O)c3ccc4c(c3)nc(C)n4-c3ccccc3)CC2)c1. The maximum absolute atomic E-state index is 13.2. The lowest BCUT2D eigenvalue weighted by atomic mass is 10.1. The first-order valence-electron chi connectivity index (χ1n) is 11.5. The Morgan fingerprint density at radius 2 is 1.56 bits per heavy atom. The standard InChI is InChI=1S/C27H27N5O2/c1-19-7-6-8-22(17-19)29-27(34)31-15-13-30(14-16-31)26(33)21-11-12-25-24(18-21)28-20(2)32(25)23-9-4-3-5-10-23/h3-12,17-18H,13-16H2,1-2H3,(H,29,34). The second kappa shape index (κ2) is 9.02. The van der Waals surface area contributed by atoms with Crippen LogP contribution >= 0.6 is 0 Å². The van der Waals surface area contributed by atoms with Gasteiger partial charge in [-0.3, -0.25) is 9.36 Å². The quantitative estimate of drug-likeness (QED) is 0.492. The molecular weight excluding hydrogens is 426 g/mol. The fourth-order valence-electron chi connectivity index (χ4n) is 4.46. The lowest BCUT2D eigenvalue weighted by Crippen LogP contribution is -2.51. The van der Waals surface area contributed by atoms with Crippen LogP contribution in [0.1, 0.15) is 21.7 Å². The lowest BCUT2D eigenvalue weighted by molar-refractivity contribution is 0.0672. The second-order valence-corrected chi connectivity index (χ2v) is 8.61. The average Bonchev–Trinajstić information content (AvgIpc) is 3.19. The summed E-state index contributed by atoms with van der Waals surface area (Å²) in [5.74, 6) is 0.839. The van der Waals surface area contributed by atoms with E-state index in [0.29, 0.717) is 31.7 Å². The zero-order valence-corrected chi connectivity index (χ0v) is 19.4. The number of nitrogens with one attached hydrogen (secondary N) is 1. The Labute approximate surface area is 198 Å². The highest BCUT2D eigenvalue weighted by atomic mass is 16.2. The number of rotatable bonds is 3. The van der Waals surface area contributed by atoms with Gasteiger partial charge in [-0.05, 0) is 61.9 Å². The molecule has 3 aromatic carbocycles. The highest BCUT2D eigenvalue weighted by Gasteiger charge is 2.25. The molecule has 172 valence electrons. The van der Waals surface area contributed by atoms with E-state index in [1.165, 1.54) is 0 Å². The highest BCUT2D eigenvalue weighted by molar-refractivity contribution is 5.98. The topological polar surface area (TPSA) is 70.5 Å². The molecule has 1 aromatic heterocycles. The van der Waals surface area contributed by atoms with E-state index < -0.39 is 0 Å². The maximum atomic E-state index is 13.2. The van der Waals surface area contributed by atoms with Crippen molar-refractivity contribution in [2.24, 2.45) is 0 Å². The summed E-state index contributed by atoms with van der Waals surface area (Å²) in [7, 11) is 0. The number of aromatic nitrogens is 2. The molecule has 0 spiro atoms. The molecule has 0 aliphatic carbocycles. The Balaban J connectivity index is 1.26. The summed E-state index contributed by atoms with van der Waals surface area (Å²) in [6, 6.07) is 23.3. The van der Waals surface area contributed by atoms with Crippen LogP contribution in [0.4, 0.5) is 10.5 Å². The van der Waals surface area contributed by atoms with E-state index in [9.17, 15) is 9.59 Å². The largest absolute Gasteiger partial charge is 0.335 e. The summed E-state index contributed by atoms with van der Waals surface area (Å²) in [5, 5.41) is 2.94. The van der Waals surface area contributed by atoms with Gasteiger partial charge in [0, 0.05) is 43.1 Å². The molecule has 1 aliphatic rings. The molecule has 1 saturated heterocycles. The van der Waals surface area contributed by atoms with Crippen molar-refractivity contribution in [3.63, 3.8) is 0 Å². The van der Waals surface area contributed by atoms with Crippen molar-refractivity contribution in [1.82, 2.24) is 19.4 Å². The van der Waals surface area contributed by atoms with Crippen LogP contribution in [0.25, 0.3) is 16.7 Å². The molecule has 0 radical (unpaired) electrons. The van der Waals surface area contributed by atoms with Gasteiger partial charge in [-0.15, -0.1) is 0 Å². The molecule has 1 N–H and O–H groups in total. The van der Waals surface area contributed by atoms with Crippen LogP contribution in [0, 0.1) is 13.8 Å². The van der Waals surface area contributed by atoms with Gasteiger partial charge < -0.3 is 15.1 Å². The van der Waals surface area contributed by atoms with E-state index in [2.05, 4.69) is 9.88 Å². The van der Waals surface area contributed by atoms with E-state index in [-0.39, 0.29) is 11.9 Å². The molecule has 0 atom stereocenters. The molecule has 1 aliphatic heterocycles. The molecule has 7 heteroatoms. The van der Waals surface area contributed by atoms with Gasteiger partial charge in [0.1, 0.15) is 5.82 Å². The summed E-state index contributed by atoms with van der Waals surface area (Å²) in [6.07, 6.45) is 0. The monoisotopic (exact) mass is 453 g/mol. The first-order chi connectivity index (χ1) is 16.5. The lowest BCUT2D eigenvalue weighted by Gasteiger charge is -2.34. The summed E-state index contributed by atoms with van der Waals surface area (Å²) in [4.78, 5) is 34.1. The van der Waals surface area contributed by atoms with Gasteiger partial charge in [0.25, 0.3) is 5.91 Å². The Morgan fingerprint density at radius 1 is 0.824 bits per heavy atom. The highest BCUT2D eigenvalue weighted by Crippen LogP contribution is 2.23. The number of piperazine rings is 1. The molecule has 0 saturated carbocycles. The van der Waals surface area contributed by atoms with Gasteiger partial charge in [-0.25, -0.2) is 9.78 Å². The first-order valence-corrected chi connectivity index (χ1v) is 11.5. The maximum Gasteiger partial charge on any atom is 0.321 e. The molecule has 2 heterocycles. The second-order valence-electron chi connectivity index (χ2n) is 8.61. The number of para-hydroxylation sites is 1. The van der Waals surface area contributed by atoms with Gasteiger partial charge in [0.2, 0.25) is 0 Å². The minimum atomic E-state index is -0.138. The number of imidazole rings is 1. The van der Waals surface area contributed by atoms with Crippen molar-refractivity contribution in [2.45, 2.75) is 13.8 Å². The molecule has 0 unspecified atom stereocenters. The molecule has 34 heavy (non-hydrogen) atoms. The van der Waals surface area contributed by atoms with Gasteiger partial charge in [-0.2, -0.15) is 0 Å². The Kier molecular flexibility index (Phi) is 5.76. The summed E-state index contributed by atoms with van der Waals surface area (Å²) in [5.41, 5.74) is 5.29. The van der Waals surface area contributed by atoms with Crippen molar-refractivity contribution in [3.8, 4) is 5.69 Å². The van der Waals surface area contributed by atoms with Crippen LogP contribution in [0.5, 0.6) is 0 Å². The molecule has 0 bridgehead atoms. The third kappa shape index (κ3) is 4.24. The number of carbonyl (C=O) groups is 2. The van der Waals surface area contributed by atoms with E-state index in [1.807, 2.05) is 86.6 Å². The van der Waals surface area contributed by atoms with Gasteiger partial charge in [0.15, 0.2) is 0 Å². The Morgan fingerprint density at radius 3 is 2.29 bits per heavy atom. The first kappa shape index (κ1) is 21.7. The van der Waals surface area contributed by atoms with Crippen LogP contribution in [0.2, 0.25) is 0 Å². The number of hydrogen-bond donors (Lipinski definition) is 1. The third-order valence-corrected chi connectivity index (χ3v) is 6.21. The zero-order chi connectivity index (χ0) is 23.7. The van der Waals surface area contributed by atoms with Crippen molar-refractivity contribution < 1.29 is 9.59 Å². The third-order valence-electron chi connectivity index (χ3n) is 6.21. The summed E-state index contributed by atoms with van der Waals surface area (Å²) in [6.45, 7) is 5.94. The fraction of sp³-hybridized carbons (Fsp3) is 0.222. The number of aryl methyl sites for hydroxylation is 2. The number of carbonyl (C=O) groups excluding carboxylic acids is 2. The van der Waals surface area contributed by atoms with Crippen molar-refractivity contribution in [1.29, 1.82) is 0 Å². The molecule has 4 aromatic rings.